The summed E-state index contributed by atoms with van der Waals surface area (Å²) in [6, 6.07) is 5.89. The zero-order valence-electron chi connectivity index (χ0n) is 11.5. The van der Waals surface area contributed by atoms with Gasteiger partial charge in [0.1, 0.15) is 10.8 Å². The van der Waals surface area contributed by atoms with Crippen molar-refractivity contribution in [3.8, 4) is 0 Å². The van der Waals surface area contributed by atoms with E-state index in [1.807, 2.05) is 0 Å². The zero-order valence-corrected chi connectivity index (χ0v) is 12.3. The van der Waals surface area contributed by atoms with Crippen molar-refractivity contribution in [3.63, 3.8) is 0 Å². The van der Waals surface area contributed by atoms with Gasteiger partial charge in [0, 0.05) is 5.92 Å². The molecule has 8 heteroatoms. The van der Waals surface area contributed by atoms with Gasteiger partial charge in [0.15, 0.2) is 5.82 Å². The maximum absolute atomic E-state index is 13.5. The first-order valence-electron chi connectivity index (χ1n) is 6.96. The number of nitrogens with one attached hydrogen (secondary N) is 1. The standard InChI is InChI=1S/C14H12FN5OS/c15-10-4-2-1-3-9(10)13(21)16-7-11-19-20-12(8-5-6-8)17-18-14(20)22-11/h1-4,8H,5-7H2,(H,16,21). The third-order valence-electron chi connectivity index (χ3n) is 3.52. The fourth-order valence-corrected chi connectivity index (χ4v) is 3.02. The fourth-order valence-electron chi connectivity index (χ4n) is 2.24. The molecule has 0 radical (unpaired) electrons. The summed E-state index contributed by atoms with van der Waals surface area (Å²) in [5.41, 5.74) is 0.0316. The van der Waals surface area contributed by atoms with Crippen molar-refractivity contribution in [3.05, 3.63) is 46.5 Å². The van der Waals surface area contributed by atoms with Gasteiger partial charge in [-0.2, -0.15) is 9.61 Å². The first kappa shape index (κ1) is 13.3. The Morgan fingerprint density at radius 3 is 2.95 bits per heavy atom. The molecular formula is C14H12FN5OS. The number of hydrogen-bond donors (Lipinski definition) is 1. The molecule has 1 N–H and O–H groups in total. The highest BCUT2D eigenvalue weighted by molar-refractivity contribution is 7.16. The summed E-state index contributed by atoms with van der Waals surface area (Å²) in [6.07, 6.45) is 2.25. The first-order valence-corrected chi connectivity index (χ1v) is 7.78. The van der Waals surface area contributed by atoms with Crippen LogP contribution in [0, 0.1) is 5.82 Å². The first-order chi connectivity index (χ1) is 10.7. The Labute approximate surface area is 129 Å². The highest BCUT2D eigenvalue weighted by Gasteiger charge is 2.30. The number of carbonyl (C=O) groups excluding carboxylic acids is 1. The predicted octanol–water partition coefficient (Wildman–Crippen LogP) is 2.13. The Kier molecular flexibility index (Phi) is 3.11. The van der Waals surface area contributed by atoms with E-state index in [-0.39, 0.29) is 12.1 Å². The number of benzene rings is 1. The molecule has 3 aromatic rings. The maximum atomic E-state index is 13.5. The van der Waals surface area contributed by atoms with Crippen LogP contribution in [-0.4, -0.2) is 25.7 Å². The molecule has 0 atom stereocenters. The van der Waals surface area contributed by atoms with Gasteiger partial charge >= 0.3 is 0 Å². The van der Waals surface area contributed by atoms with Crippen LogP contribution in [0.4, 0.5) is 4.39 Å². The Morgan fingerprint density at radius 1 is 1.36 bits per heavy atom. The lowest BCUT2D eigenvalue weighted by Crippen LogP contribution is -2.23. The molecule has 2 heterocycles. The SMILES string of the molecule is O=C(NCc1nn2c(C3CC3)nnc2s1)c1ccccc1F. The van der Waals surface area contributed by atoms with Crippen molar-refractivity contribution in [1.82, 2.24) is 25.1 Å². The van der Waals surface area contributed by atoms with Crippen LogP contribution >= 0.6 is 11.3 Å². The number of nitrogens with zero attached hydrogens (tertiary/aromatic N) is 4. The second kappa shape index (κ2) is 5.13. The molecule has 0 bridgehead atoms. The largest absolute Gasteiger partial charge is 0.345 e. The summed E-state index contributed by atoms with van der Waals surface area (Å²) < 4.78 is 15.3. The van der Waals surface area contributed by atoms with Crippen molar-refractivity contribution in [2.75, 3.05) is 0 Å². The summed E-state index contributed by atoms with van der Waals surface area (Å²) in [5, 5.41) is 16.1. The zero-order chi connectivity index (χ0) is 15.1. The number of halogens is 1. The number of amides is 1. The average molecular weight is 317 g/mol. The molecule has 2 aromatic heterocycles. The van der Waals surface area contributed by atoms with Gasteiger partial charge in [-0.15, -0.1) is 10.2 Å². The molecule has 112 valence electrons. The van der Waals surface area contributed by atoms with Crippen LogP contribution in [0.1, 0.15) is 39.9 Å². The van der Waals surface area contributed by atoms with Gasteiger partial charge in [-0.3, -0.25) is 4.79 Å². The van der Waals surface area contributed by atoms with Crippen molar-refractivity contribution in [2.45, 2.75) is 25.3 Å². The molecule has 0 saturated heterocycles. The molecule has 6 nitrogen and oxygen atoms in total. The van der Waals surface area contributed by atoms with Crippen LogP contribution in [0.2, 0.25) is 0 Å². The smallest absolute Gasteiger partial charge is 0.254 e. The Hall–Kier alpha value is -2.35. The van der Waals surface area contributed by atoms with E-state index >= 15 is 0 Å². The molecule has 0 spiro atoms. The van der Waals surface area contributed by atoms with E-state index in [4.69, 9.17) is 0 Å². The van der Waals surface area contributed by atoms with Crippen LogP contribution in [0.15, 0.2) is 24.3 Å². The quantitative estimate of drug-likeness (QED) is 0.800. The van der Waals surface area contributed by atoms with Crippen LogP contribution in [0.25, 0.3) is 4.96 Å². The minimum atomic E-state index is -0.533. The van der Waals surface area contributed by atoms with Crippen molar-refractivity contribution >= 4 is 22.2 Å². The molecule has 4 rings (SSSR count). The van der Waals surface area contributed by atoms with E-state index in [1.54, 1.807) is 16.6 Å². The lowest BCUT2D eigenvalue weighted by atomic mass is 10.2. The normalized spacial score (nSPS) is 14.4. The van der Waals surface area contributed by atoms with E-state index < -0.39 is 11.7 Å². The predicted molar refractivity (Wildman–Crippen MR) is 78.2 cm³/mol. The summed E-state index contributed by atoms with van der Waals surface area (Å²) in [5.74, 6) is 0.358. The molecule has 1 aliphatic carbocycles. The van der Waals surface area contributed by atoms with Gasteiger partial charge in [-0.1, -0.05) is 23.5 Å². The monoisotopic (exact) mass is 317 g/mol. The lowest BCUT2D eigenvalue weighted by Gasteiger charge is -2.03. The molecular weight excluding hydrogens is 305 g/mol. The number of aromatic nitrogens is 4. The molecule has 1 fully saturated rings. The molecule has 1 saturated carbocycles. The minimum absolute atomic E-state index is 0.0316. The second-order valence-electron chi connectivity index (χ2n) is 5.19. The molecule has 1 amide bonds. The van der Waals surface area contributed by atoms with Gasteiger partial charge in [0.05, 0.1) is 12.1 Å². The van der Waals surface area contributed by atoms with E-state index in [9.17, 15) is 9.18 Å². The van der Waals surface area contributed by atoms with Gasteiger partial charge in [0.25, 0.3) is 5.91 Å². The van der Waals surface area contributed by atoms with Gasteiger partial charge in [-0.25, -0.2) is 4.39 Å². The number of rotatable bonds is 4. The van der Waals surface area contributed by atoms with Crippen LogP contribution in [0.5, 0.6) is 0 Å². The number of hydrogen-bond acceptors (Lipinski definition) is 5. The summed E-state index contributed by atoms with van der Waals surface area (Å²) >= 11 is 1.37. The lowest BCUT2D eigenvalue weighted by molar-refractivity contribution is 0.0946. The Balaban J connectivity index is 1.49. The third-order valence-corrected chi connectivity index (χ3v) is 4.42. The van der Waals surface area contributed by atoms with Crippen molar-refractivity contribution < 1.29 is 9.18 Å². The van der Waals surface area contributed by atoms with Crippen LogP contribution in [-0.2, 0) is 6.54 Å². The van der Waals surface area contributed by atoms with Crippen molar-refractivity contribution in [2.24, 2.45) is 0 Å². The third kappa shape index (κ3) is 2.35. The maximum Gasteiger partial charge on any atom is 0.254 e. The molecule has 22 heavy (non-hydrogen) atoms. The summed E-state index contributed by atoms with van der Waals surface area (Å²) in [6.45, 7) is 0.241. The Bertz CT molecular complexity index is 854. The van der Waals surface area contributed by atoms with E-state index in [0.717, 1.165) is 28.6 Å². The van der Waals surface area contributed by atoms with Gasteiger partial charge in [0.2, 0.25) is 4.96 Å². The average Bonchev–Trinajstić information content (AvgIpc) is 3.15. The highest BCUT2D eigenvalue weighted by atomic mass is 32.1. The van der Waals surface area contributed by atoms with Crippen LogP contribution in [0.3, 0.4) is 0 Å². The van der Waals surface area contributed by atoms with E-state index in [0.29, 0.717) is 5.92 Å². The van der Waals surface area contributed by atoms with Gasteiger partial charge < -0.3 is 5.32 Å². The topological polar surface area (TPSA) is 72.2 Å². The number of fused-ring (bicyclic) bond motifs is 1. The summed E-state index contributed by atoms with van der Waals surface area (Å²) in [7, 11) is 0. The second-order valence-corrected chi connectivity index (χ2v) is 6.23. The molecule has 1 aliphatic rings. The number of carbonyl (C=O) groups is 1. The molecule has 0 aliphatic heterocycles. The summed E-state index contributed by atoms with van der Waals surface area (Å²) in [4.78, 5) is 12.7. The van der Waals surface area contributed by atoms with E-state index in [1.165, 1.54) is 23.5 Å². The van der Waals surface area contributed by atoms with Crippen LogP contribution < -0.4 is 5.32 Å². The van der Waals surface area contributed by atoms with Crippen molar-refractivity contribution in [1.29, 1.82) is 0 Å². The highest BCUT2D eigenvalue weighted by Crippen LogP contribution is 2.39. The van der Waals surface area contributed by atoms with Gasteiger partial charge in [-0.05, 0) is 25.0 Å². The van der Waals surface area contributed by atoms with E-state index in [2.05, 4.69) is 20.6 Å². The molecule has 1 aromatic carbocycles. The molecule has 0 unspecified atom stereocenters. The fraction of sp³-hybridized carbons (Fsp3) is 0.286. The minimum Gasteiger partial charge on any atom is -0.345 e. The Morgan fingerprint density at radius 2 is 2.18 bits per heavy atom.